The van der Waals surface area contributed by atoms with Crippen LogP contribution in [0.1, 0.15) is 59.0 Å². The lowest BCUT2D eigenvalue weighted by Crippen LogP contribution is -2.37. The highest BCUT2D eigenvalue weighted by Gasteiger charge is 2.28. The van der Waals surface area contributed by atoms with Crippen LogP contribution in [0.2, 0.25) is 0 Å². The molecule has 0 bridgehead atoms. The molecule has 0 atom stereocenters. The van der Waals surface area contributed by atoms with Crippen LogP contribution in [0.4, 0.5) is 0 Å². The number of nitrogens with zero attached hydrogens (tertiary/aromatic N) is 2. The molecule has 1 aromatic rings. The molecule has 1 aromatic heterocycles. The third-order valence-electron chi connectivity index (χ3n) is 3.38. The monoisotopic (exact) mass is 277 g/mol. The lowest BCUT2D eigenvalue weighted by atomic mass is 9.79. The average molecular weight is 277 g/mol. The van der Waals surface area contributed by atoms with Gasteiger partial charge in [0.1, 0.15) is 5.82 Å². The van der Waals surface area contributed by atoms with Gasteiger partial charge in [-0.25, -0.2) is 9.97 Å². The van der Waals surface area contributed by atoms with Crippen LogP contribution in [0.15, 0.2) is 12.3 Å². The van der Waals surface area contributed by atoms with E-state index in [1.165, 1.54) is 0 Å². The Labute approximate surface area is 122 Å². The molecule has 1 N–H and O–H groups in total. The van der Waals surface area contributed by atoms with Gasteiger partial charge >= 0.3 is 0 Å². The first-order valence-electron chi connectivity index (χ1n) is 7.17. The van der Waals surface area contributed by atoms with Gasteiger partial charge in [0.15, 0.2) is 0 Å². The van der Waals surface area contributed by atoms with E-state index in [0.717, 1.165) is 24.4 Å². The van der Waals surface area contributed by atoms with Crippen molar-refractivity contribution in [1.29, 1.82) is 0 Å². The largest absolute Gasteiger partial charge is 0.350 e. The minimum atomic E-state index is -0.352. The molecule has 0 aromatic carbocycles. The Balaban J connectivity index is 2.52. The second-order valence-corrected chi connectivity index (χ2v) is 7.22. The Morgan fingerprint density at radius 1 is 1.20 bits per heavy atom. The van der Waals surface area contributed by atoms with E-state index in [0.29, 0.717) is 6.54 Å². The van der Waals surface area contributed by atoms with Crippen LogP contribution in [0.5, 0.6) is 0 Å². The topological polar surface area (TPSA) is 54.9 Å². The Morgan fingerprint density at radius 2 is 1.85 bits per heavy atom. The Morgan fingerprint density at radius 3 is 2.40 bits per heavy atom. The Kier molecular flexibility index (Phi) is 5.26. The maximum absolute atomic E-state index is 12.3. The zero-order chi connectivity index (χ0) is 15.4. The number of rotatable bonds is 5. The molecule has 1 rings (SSSR count). The van der Waals surface area contributed by atoms with Crippen LogP contribution in [0.3, 0.4) is 0 Å². The number of hydrogen-bond acceptors (Lipinski definition) is 3. The highest BCUT2D eigenvalue weighted by atomic mass is 16.2. The summed E-state index contributed by atoms with van der Waals surface area (Å²) >= 11 is 0. The molecule has 0 aliphatic heterocycles. The van der Waals surface area contributed by atoms with E-state index >= 15 is 0 Å². The second-order valence-electron chi connectivity index (χ2n) is 7.22. The predicted molar refractivity (Wildman–Crippen MR) is 81.1 cm³/mol. The number of carbonyl (C=O) groups excluding carboxylic acids is 1. The molecule has 20 heavy (non-hydrogen) atoms. The van der Waals surface area contributed by atoms with Gasteiger partial charge in [-0.1, -0.05) is 34.6 Å². The van der Waals surface area contributed by atoms with Gasteiger partial charge in [-0.15, -0.1) is 0 Å². The zero-order valence-corrected chi connectivity index (χ0v) is 13.6. The van der Waals surface area contributed by atoms with E-state index in [4.69, 9.17) is 0 Å². The Bertz CT molecular complexity index is 461. The first-order valence-corrected chi connectivity index (χ1v) is 7.17. The Hall–Kier alpha value is -1.45. The van der Waals surface area contributed by atoms with E-state index < -0.39 is 0 Å². The standard InChI is InChI=1S/C16H27N3O/c1-12-17-10-7-13(19-12)11-18-14(20)16(5,6)9-8-15(2,3)4/h7,10H,8-9,11H2,1-6H3,(H,18,20). The van der Waals surface area contributed by atoms with Gasteiger partial charge in [0.05, 0.1) is 12.2 Å². The fourth-order valence-corrected chi connectivity index (χ4v) is 1.81. The number of aromatic nitrogens is 2. The average Bonchev–Trinajstić information content (AvgIpc) is 2.33. The van der Waals surface area contributed by atoms with Crippen LogP contribution in [0.25, 0.3) is 0 Å². The third kappa shape index (κ3) is 5.68. The molecule has 4 heteroatoms. The summed E-state index contributed by atoms with van der Waals surface area (Å²) in [5.41, 5.74) is 0.744. The van der Waals surface area contributed by atoms with E-state index in [2.05, 4.69) is 36.1 Å². The summed E-state index contributed by atoms with van der Waals surface area (Å²) in [5, 5.41) is 2.97. The zero-order valence-electron chi connectivity index (χ0n) is 13.6. The lowest BCUT2D eigenvalue weighted by Gasteiger charge is -2.27. The number of amides is 1. The molecule has 112 valence electrons. The van der Waals surface area contributed by atoms with Gasteiger partial charge in [0, 0.05) is 11.6 Å². The fourth-order valence-electron chi connectivity index (χ4n) is 1.81. The summed E-state index contributed by atoms with van der Waals surface area (Å²) in [5.74, 6) is 0.807. The summed E-state index contributed by atoms with van der Waals surface area (Å²) in [7, 11) is 0. The predicted octanol–water partition coefficient (Wildman–Crippen LogP) is 3.25. The van der Waals surface area contributed by atoms with Crippen molar-refractivity contribution in [3.05, 3.63) is 23.8 Å². The van der Waals surface area contributed by atoms with Crippen molar-refractivity contribution in [1.82, 2.24) is 15.3 Å². The summed E-state index contributed by atoms with van der Waals surface area (Å²) in [4.78, 5) is 20.6. The van der Waals surface area contributed by atoms with Crippen LogP contribution in [-0.4, -0.2) is 15.9 Å². The molecule has 0 fully saturated rings. The summed E-state index contributed by atoms with van der Waals surface area (Å²) in [6.45, 7) is 12.9. The van der Waals surface area contributed by atoms with E-state index in [1.807, 2.05) is 26.8 Å². The quantitative estimate of drug-likeness (QED) is 0.898. The van der Waals surface area contributed by atoms with Crippen molar-refractivity contribution in [3.8, 4) is 0 Å². The highest BCUT2D eigenvalue weighted by molar-refractivity contribution is 5.81. The number of hydrogen-bond donors (Lipinski definition) is 1. The lowest BCUT2D eigenvalue weighted by molar-refractivity contribution is -0.130. The molecule has 0 saturated heterocycles. The van der Waals surface area contributed by atoms with Crippen molar-refractivity contribution in [2.75, 3.05) is 0 Å². The van der Waals surface area contributed by atoms with Gasteiger partial charge in [0.2, 0.25) is 5.91 Å². The normalized spacial score (nSPS) is 12.3. The van der Waals surface area contributed by atoms with Crippen molar-refractivity contribution in [2.24, 2.45) is 10.8 Å². The van der Waals surface area contributed by atoms with Gasteiger partial charge in [0.25, 0.3) is 0 Å². The second kappa shape index (κ2) is 6.33. The molecular formula is C16H27N3O. The van der Waals surface area contributed by atoms with Gasteiger partial charge in [-0.05, 0) is 31.2 Å². The van der Waals surface area contributed by atoms with Gasteiger partial charge < -0.3 is 5.32 Å². The van der Waals surface area contributed by atoms with Crippen LogP contribution >= 0.6 is 0 Å². The van der Waals surface area contributed by atoms with E-state index in [9.17, 15) is 4.79 Å². The van der Waals surface area contributed by atoms with E-state index in [-0.39, 0.29) is 16.7 Å². The number of carbonyl (C=O) groups is 1. The molecule has 0 aliphatic carbocycles. The molecule has 0 saturated carbocycles. The van der Waals surface area contributed by atoms with Crippen molar-refractivity contribution in [2.45, 2.75) is 60.9 Å². The van der Waals surface area contributed by atoms with Crippen LogP contribution in [0, 0.1) is 17.8 Å². The molecule has 0 spiro atoms. The number of aryl methyl sites for hydroxylation is 1. The maximum Gasteiger partial charge on any atom is 0.225 e. The van der Waals surface area contributed by atoms with Crippen LogP contribution in [-0.2, 0) is 11.3 Å². The summed E-state index contributed by atoms with van der Waals surface area (Å²) in [6.07, 6.45) is 3.62. The van der Waals surface area contributed by atoms with Crippen LogP contribution < -0.4 is 5.32 Å². The summed E-state index contributed by atoms with van der Waals surface area (Å²) in [6, 6.07) is 1.83. The maximum atomic E-state index is 12.3. The smallest absolute Gasteiger partial charge is 0.225 e. The molecule has 1 heterocycles. The first kappa shape index (κ1) is 16.6. The van der Waals surface area contributed by atoms with Gasteiger partial charge in [-0.2, -0.15) is 0 Å². The third-order valence-corrected chi connectivity index (χ3v) is 3.38. The van der Waals surface area contributed by atoms with Crippen molar-refractivity contribution >= 4 is 5.91 Å². The minimum absolute atomic E-state index is 0.0815. The SMILES string of the molecule is Cc1nccc(CNC(=O)C(C)(C)CCC(C)(C)C)n1. The number of nitrogens with one attached hydrogen (secondary N) is 1. The molecule has 4 nitrogen and oxygen atoms in total. The molecule has 0 radical (unpaired) electrons. The van der Waals surface area contributed by atoms with Gasteiger partial charge in [-0.3, -0.25) is 4.79 Å². The van der Waals surface area contributed by atoms with Crippen molar-refractivity contribution in [3.63, 3.8) is 0 Å². The summed E-state index contributed by atoms with van der Waals surface area (Å²) < 4.78 is 0. The first-order chi connectivity index (χ1) is 9.10. The molecule has 0 unspecified atom stereocenters. The highest BCUT2D eigenvalue weighted by Crippen LogP contribution is 2.30. The minimum Gasteiger partial charge on any atom is -0.350 e. The molecule has 0 aliphatic rings. The van der Waals surface area contributed by atoms with E-state index in [1.54, 1.807) is 6.20 Å². The van der Waals surface area contributed by atoms with Crippen molar-refractivity contribution < 1.29 is 4.79 Å². The fraction of sp³-hybridized carbons (Fsp3) is 0.688. The molecular weight excluding hydrogens is 250 g/mol. The molecule has 1 amide bonds.